The fourth-order valence-electron chi connectivity index (χ4n) is 1.24. The average molecular weight is 177 g/mol. The molecule has 0 fully saturated rings. The Morgan fingerprint density at radius 1 is 1.38 bits per heavy atom. The third-order valence-corrected chi connectivity index (χ3v) is 2.26. The van der Waals surface area contributed by atoms with Crippen LogP contribution in [0.5, 0.6) is 0 Å². The van der Waals surface area contributed by atoms with Crippen molar-refractivity contribution in [2.45, 2.75) is 20.3 Å². The Morgan fingerprint density at radius 3 is 2.46 bits per heavy atom. The molecule has 0 amide bonds. The van der Waals surface area contributed by atoms with Gasteiger partial charge in [0.25, 0.3) is 0 Å². The van der Waals surface area contributed by atoms with Crippen LogP contribution >= 0.6 is 0 Å². The van der Waals surface area contributed by atoms with Crippen LogP contribution in [-0.4, -0.2) is 10.9 Å². The quantitative estimate of drug-likeness (QED) is 0.430. The summed E-state index contributed by atoms with van der Waals surface area (Å²) in [6, 6.07) is 9.77. The molecule has 1 N–H and O–H groups in total. The van der Waals surface area contributed by atoms with Gasteiger partial charge in [0.1, 0.15) is 0 Å². The molecule has 1 atom stereocenters. The van der Waals surface area contributed by atoms with Gasteiger partial charge in [-0.05, 0) is 12.0 Å². The molecule has 0 heterocycles. The van der Waals surface area contributed by atoms with Crippen LogP contribution in [0.4, 0.5) is 0 Å². The van der Waals surface area contributed by atoms with Crippen LogP contribution in [0.25, 0.3) is 0 Å². The summed E-state index contributed by atoms with van der Waals surface area (Å²) < 4.78 is 0. The molecule has 0 spiro atoms. The number of hydrogen-bond donors (Lipinski definition) is 1. The van der Waals surface area contributed by atoms with Gasteiger partial charge in [-0.1, -0.05) is 49.3 Å². The van der Waals surface area contributed by atoms with Crippen molar-refractivity contribution >= 4 is 5.71 Å². The second-order valence-corrected chi connectivity index (χ2v) is 3.16. The minimum atomic E-state index is 0.299. The van der Waals surface area contributed by atoms with Gasteiger partial charge in [-0.3, -0.25) is 0 Å². The molecule has 0 aliphatic rings. The largest absolute Gasteiger partial charge is 0.411 e. The van der Waals surface area contributed by atoms with Crippen molar-refractivity contribution in [3.05, 3.63) is 35.9 Å². The monoisotopic (exact) mass is 177 g/mol. The van der Waals surface area contributed by atoms with E-state index in [1.54, 1.807) is 0 Å². The van der Waals surface area contributed by atoms with Gasteiger partial charge in [0.05, 0.1) is 5.71 Å². The summed E-state index contributed by atoms with van der Waals surface area (Å²) in [5.74, 6) is 0.299. The summed E-state index contributed by atoms with van der Waals surface area (Å²) in [5.41, 5.74) is 1.77. The van der Waals surface area contributed by atoms with Crippen LogP contribution in [0.1, 0.15) is 25.8 Å². The molecule has 13 heavy (non-hydrogen) atoms. The lowest BCUT2D eigenvalue weighted by Gasteiger charge is -2.10. The molecule has 1 aromatic carbocycles. The number of oxime groups is 1. The van der Waals surface area contributed by atoms with Gasteiger partial charge in [0, 0.05) is 5.92 Å². The Morgan fingerprint density at radius 2 is 2.00 bits per heavy atom. The fourth-order valence-corrected chi connectivity index (χ4v) is 1.24. The lowest BCUT2D eigenvalue weighted by atomic mass is 9.96. The second-order valence-electron chi connectivity index (χ2n) is 3.16. The zero-order valence-electron chi connectivity index (χ0n) is 8.07. The number of nitrogens with zero attached hydrogens (tertiary/aromatic N) is 1. The normalized spacial score (nSPS) is 14.2. The van der Waals surface area contributed by atoms with Crippen molar-refractivity contribution in [1.29, 1.82) is 0 Å². The molecule has 1 rings (SSSR count). The van der Waals surface area contributed by atoms with Crippen LogP contribution in [0, 0.1) is 5.92 Å². The zero-order chi connectivity index (χ0) is 9.68. The van der Waals surface area contributed by atoms with E-state index < -0.39 is 0 Å². The predicted molar refractivity (Wildman–Crippen MR) is 54.2 cm³/mol. The molecular weight excluding hydrogens is 162 g/mol. The van der Waals surface area contributed by atoms with Crippen molar-refractivity contribution in [3.63, 3.8) is 0 Å². The molecular formula is C11H15NO. The Kier molecular flexibility index (Phi) is 3.50. The maximum absolute atomic E-state index is 8.87. The van der Waals surface area contributed by atoms with Gasteiger partial charge in [-0.15, -0.1) is 0 Å². The van der Waals surface area contributed by atoms with Gasteiger partial charge in [0.2, 0.25) is 0 Å². The Hall–Kier alpha value is -1.31. The summed E-state index contributed by atoms with van der Waals surface area (Å²) in [4.78, 5) is 0. The van der Waals surface area contributed by atoms with Crippen molar-refractivity contribution in [2.24, 2.45) is 11.1 Å². The van der Waals surface area contributed by atoms with Gasteiger partial charge in [-0.25, -0.2) is 0 Å². The maximum Gasteiger partial charge on any atom is 0.0895 e. The van der Waals surface area contributed by atoms with Gasteiger partial charge >= 0.3 is 0 Å². The van der Waals surface area contributed by atoms with E-state index in [0.29, 0.717) is 5.92 Å². The Balaban J connectivity index is 2.93. The molecule has 2 heteroatoms. The summed E-state index contributed by atoms with van der Waals surface area (Å²) in [6.45, 7) is 4.14. The van der Waals surface area contributed by atoms with Crippen LogP contribution < -0.4 is 0 Å². The first kappa shape index (κ1) is 9.78. The highest BCUT2D eigenvalue weighted by Gasteiger charge is 2.10. The first-order valence-corrected chi connectivity index (χ1v) is 4.57. The van der Waals surface area contributed by atoms with Gasteiger partial charge in [0.15, 0.2) is 0 Å². The standard InChI is InChI=1S/C11H15NO/c1-3-9(2)11(12-13)10-7-5-4-6-8-10/h4-9,13H,3H2,1-2H3. The zero-order valence-corrected chi connectivity index (χ0v) is 8.07. The summed E-state index contributed by atoms with van der Waals surface area (Å²) in [6.07, 6.45) is 0.980. The van der Waals surface area contributed by atoms with E-state index in [1.807, 2.05) is 30.3 Å². The van der Waals surface area contributed by atoms with Gasteiger partial charge in [-0.2, -0.15) is 0 Å². The highest BCUT2D eigenvalue weighted by Crippen LogP contribution is 2.12. The third kappa shape index (κ3) is 2.31. The topological polar surface area (TPSA) is 32.6 Å². The molecule has 1 aromatic rings. The second kappa shape index (κ2) is 4.65. The maximum atomic E-state index is 8.87. The summed E-state index contributed by atoms with van der Waals surface area (Å²) >= 11 is 0. The highest BCUT2D eigenvalue weighted by atomic mass is 16.4. The van der Waals surface area contributed by atoms with Crippen LogP contribution in [0.2, 0.25) is 0 Å². The Bertz CT molecular complexity index is 279. The minimum Gasteiger partial charge on any atom is -0.411 e. The smallest absolute Gasteiger partial charge is 0.0895 e. The van der Waals surface area contributed by atoms with Gasteiger partial charge < -0.3 is 5.21 Å². The number of hydrogen-bond acceptors (Lipinski definition) is 2. The first-order chi connectivity index (χ1) is 6.29. The lowest BCUT2D eigenvalue weighted by molar-refractivity contribution is 0.315. The summed E-state index contributed by atoms with van der Waals surface area (Å²) in [7, 11) is 0. The van der Waals surface area contributed by atoms with E-state index in [-0.39, 0.29) is 0 Å². The van der Waals surface area contributed by atoms with E-state index in [9.17, 15) is 0 Å². The van der Waals surface area contributed by atoms with E-state index >= 15 is 0 Å². The van der Waals surface area contributed by atoms with Crippen molar-refractivity contribution < 1.29 is 5.21 Å². The molecule has 0 saturated carbocycles. The molecule has 0 radical (unpaired) electrons. The van der Waals surface area contributed by atoms with Crippen LogP contribution in [0.15, 0.2) is 35.5 Å². The first-order valence-electron chi connectivity index (χ1n) is 4.57. The molecule has 70 valence electrons. The van der Waals surface area contributed by atoms with Crippen molar-refractivity contribution in [2.75, 3.05) is 0 Å². The lowest BCUT2D eigenvalue weighted by Crippen LogP contribution is -2.11. The van der Waals surface area contributed by atoms with Crippen LogP contribution in [0.3, 0.4) is 0 Å². The van der Waals surface area contributed by atoms with Crippen molar-refractivity contribution in [1.82, 2.24) is 0 Å². The van der Waals surface area contributed by atoms with Crippen molar-refractivity contribution in [3.8, 4) is 0 Å². The average Bonchev–Trinajstić information content (AvgIpc) is 2.20. The SMILES string of the molecule is CCC(C)C(=NO)c1ccccc1. The van der Waals surface area contributed by atoms with E-state index in [0.717, 1.165) is 17.7 Å². The molecule has 0 aromatic heterocycles. The molecule has 0 bridgehead atoms. The third-order valence-electron chi connectivity index (χ3n) is 2.26. The molecule has 0 aliphatic heterocycles. The molecule has 0 aliphatic carbocycles. The van der Waals surface area contributed by atoms with E-state index in [2.05, 4.69) is 19.0 Å². The fraction of sp³-hybridized carbons (Fsp3) is 0.364. The Labute approximate surface area is 78.9 Å². The number of benzene rings is 1. The minimum absolute atomic E-state index is 0.299. The number of rotatable bonds is 3. The van der Waals surface area contributed by atoms with E-state index in [4.69, 9.17) is 5.21 Å². The van der Waals surface area contributed by atoms with E-state index in [1.165, 1.54) is 0 Å². The highest BCUT2D eigenvalue weighted by molar-refractivity contribution is 6.01. The predicted octanol–water partition coefficient (Wildman–Crippen LogP) is 2.91. The molecule has 2 nitrogen and oxygen atoms in total. The molecule has 1 unspecified atom stereocenters. The summed E-state index contributed by atoms with van der Waals surface area (Å²) in [5, 5.41) is 12.2. The van der Waals surface area contributed by atoms with Crippen LogP contribution in [-0.2, 0) is 0 Å². The molecule has 0 saturated heterocycles.